The third-order valence-corrected chi connectivity index (χ3v) is 5.99. The summed E-state index contributed by atoms with van der Waals surface area (Å²) in [6.07, 6.45) is 2.56. The van der Waals surface area contributed by atoms with Crippen LogP contribution in [0.3, 0.4) is 0 Å². The van der Waals surface area contributed by atoms with Gasteiger partial charge in [0.1, 0.15) is 5.00 Å². The van der Waals surface area contributed by atoms with Gasteiger partial charge in [-0.05, 0) is 30.9 Å². The number of aryl methyl sites for hydroxylation is 1. The van der Waals surface area contributed by atoms with Crippen LogP contribution in [0.25, 0.3) is 10.8 Å². The second-order valence-corrected chi connectivity index (χ2v) is 7.73. The van der Waals surface area contributed by atoms with E-state index < -0.39 is 30.0 Å². The smallest absolute Gasteiger partial charge is 0.359 e. The molecule has 2 heterocycles. The quantitative estimate of drug-likeness (QED) is 0.597. The van der Waals surface area contributed by atoms with E-state index in [1.807, 2.05) is 0 Å². The van der Waals surface area contributed by atoms with Gasteiger partial charge in [0.05, 0.1) is 18.1 Å². The molecule has 4 rings (SSSR count). The Morgan fingerprint density at radius 3 is 2.70 bits per heavy atom. The zero-order valence-electron chi connectivity index (χ0n) is 15.9. The number of aromatic nitrogens is 2. The number of carbonyl (C=O) groups is 3. The molecular formula is C20H17N3O6S. The summed E-state index contributed by atoms with van der Waals surface area (Å²) in [5.41, 5.74) is 0.746. The number of carbonyl (C=O) groups excluding carboxylic acids is 3. The minimum atomic E-state index is -0.848. The van der Waals surface area contributed by atoms with Crippen molar-refractivity contribution in [3.8, 4) is 0 Å². The molecule has 0 aliphatic heterocycles. The molecule has 0 atom stereocenters. The number of benzene rings is 1. The second kappa shape index (κ2) is 8.07. The average molecular weight is 427 g/mol. The molecule has 154 valence electrons. The highest BCUT2D eigenvalue weighted by Gasteiger charge is 2.28. The molecular weight excluding hydrogens is 410 g/mol. The van der Waals surface area contributed by atoms with Gasteiger partial charge in [-0.1, -0.05) is 18.2 Å². The molecule has 1 aliphatic rings. The molecule has 0 saturated carbocycles. The van der Waals surface area contributed by atoms with E-state index in [9.17, 15) is 19.2 Å². The van der Waals surface area contributed by atoms with Gasteiger partial charge in [0.2, 0.25) is 0 Å². The second-order valence-electron chi connectivity index (χ2n) is 6.62. The van der Waals surface area contributed by atoms with Crippen molar-refractivity contribution in [3.05, 3.63) is 56.3 Å². The molecule has 0 fully saturated rings. The van der Waals surface area contributed by atoms with Crippen LogP contribution in [0.4, 0.5) is 5.00 Å². The van der Waals surface area contributed by atoms with Gasteiger partial charge >= 0.3 is 11.9 Å². The molecule has 2 N–H and O–H groups in total. The van der Waals surface area contributed by atoms with Gasteiger partial charge in [0.15, 0.2) is 12.3 Å². The van der Waals surface area contributed by atoms with Gasteiger partial charge in [-0.3, -0.25) is 9.59 Å². The molecule has 0 unspecified atom stereocenters. The van der Waals surface area contributed by atoms with E-state index >= 15 is 0 Å². The minimum absolute atomic E-state index is 0.0941. The number of thiophene rings is 1. The van der Waals surface area contributed by atoms with Crippen LogP contribution in [-0.2, 0) is 27.1 Å². The maximum absolute atomic E-state index is 12.4. The highest BCUT2D eigenvalue weighted by Crippen LogP contribution is 2.39. The summed E-state index contributed by atoms with van der Waals surface area (Å²) < 4.78 is 9.91. The van der Waals surface area contributed by atoms with E-state index in [1.165, 1.54) is 18.4 Å². The number of hydrogen-bond donors (Lipinski definition) is 2. The molecule has 1 amide bonds. The molecule has 0 bridgehead atoms. The first kappa shape index (κ1) is 19.8. The van der Waals surface area contributed by atoms with Crippen LogP contribution in [-0.4, -0.2) is 41.8 Å². The van der Waals surface area contributed by atoms with Crippen molar-refractivity contribution in [3.63, 3.8) is 0 Å². The Morgan fingerprint density at radius 2 is 1.93 bits per heavy atom. The minimum Gasteiger partial charge on any atom is -0.465 e. The normalized spacial score (nSPS) is 12.4. The molecule has 2 aromatic heterocycles. The van der Waals surface area contributed by atoms with Crippen molar-refractivity contribution in [1.82, 2.24) is 10.2 Å². The fourth-order valence-corrected chi connectivity index (χ4v) is 4.74. The van der Waals surface area contributed by atoms with Crippen molar-refractivity contribution in [2.24, 2.45) is 0 Å². The summed E-state index contributed by atoms with van der Waals surface area (Å²) in [4.78, 5) is 49.8. The number of amides is 1. The first-order valence-electron chi connectivity index (χ1n) is 9.17. The highest BCUT2D eigenvalue weighted by atomic mass is 32.1. The Kier molecular flexibility index (Phi) is 5.32. The van der Waals surface area contributed by atoms with E-state index in [1.54, 1.807) is 24.3 Å². The number of H-pyrrole nitrogens is 1. The summed E-state index contributed by atoms with van der Waals surface area (Å²) >= 11 is 1.33. The van der Waals surface area contributed by atoms with E-state index in [2.05, 4.69) is 15.5 Å². The number of nitrogens with one attached hydrogen (secondary N) is 2. The molecule has 9 nitrogen and oxygen atoms in total. The summed E-state index contributed by atoms with van der Waals surface area (Å²) in [7, 11) is 1.29. The predicted molar refractivity (Wildman–Crippen MR) is 109 cm³/mol. The maximum Gasteiger partial charge on any atom is 0.359 e. The standard InChI is InChI=1S/C20H17N3O6S/c1-28-19(26)15-12-7-4-8-13(12)30-18(15)21-14(24)9-29-20(27)16-10-5-2-3-6-11(10)17(25)23-22-16/h2-3,5-6H,4,7-9H2,1H3,(H,21,24)(H,23,25). The third-order valence-electron chi connectivity index (χ3n) is 4.79. The van der Waals surface area contributed by atoms with Crippen molar-refractivity contribution >= 4 is 45.0 Å². The number of esters is 2. The van der Waals surface area contributed by atoms with E-state index in [0.717, 1.165) is 29.7 Å². The van der Waals surface area contributed by atoms with Crippen LogP contribution in [0.15, 0.2) is 29.1 Å². The van der Waals surface area contributed by atoms with Crippen LogP contribution in [0, 0.1) is 0 Å². The Balaban J connectivity index is 1.48. The molecule has 30 heavy (non-hydrogen) atoms. The first-order chi connectivity index (χ1) is 14.5. The van der Waals surface area contributed by atoms with Crippen LogP contribution in [0.1, 0.15) is 37.7 Å². The van der Waals surface area contributed by atoms with Gasteiger partial charge < -0.3 is 14.8 Å². The number of nitrogens with zero attached hydrogens (tertiary/aromatic N) is 1. The Morgan fingerprint density at radius 1 is 1.17 bits per heavy atom. The Bertz CT molecular complexity index is 1230. The molecule has 0 spiro atoms. The number of anilines is 1. The van der Waals surface area contributed by atoms with Crippen LogP contribution < -0.4 is 10.9 Å². The zero-order chi connectivity index (χ0) is 21.3. The number of rotatable bonds is 5. The summed E-state index contributed by atoms with van der Waals surface area (Å²) in [5.74, 6) is -1.95. The summed E-state index contributed by atoms with van der Waals surface area (Å²) in [6, 6.07) is 6.46. The highest BCUT2D eigenvalue weighted by molar-refractivity contribution is 7.17. The molecule has 3 aromatic rings. The van der Waals surface area contributed by atoms with Crippen molar-refractivity contribution in [2.45, 2.75) is 19.3 Å². The van der Waals surface area contributed by atoms with Crippen molar-refractivity contribution in [2.75, 3.05) is 19.0 Å². The van der Waals surface area contributed by atoms with E-state index in [0.29, 0.717) is 21.3 Å². The molecule has 10 heteroatoms. The van der Waals surface area contributed by atoms with E-state index in [-0.39, 0.29) is 5.69 Å². The van der Waals surface area contributed by atoms with Crippen molar-refractivity contribution < 1.29 is 23.9 Å². The summed E-state index contributed by atoms with van der Waals surface area (Å²) in [5, 5.41) is 9.63. The first-order valence-corrected chi connectivity index (χ1v) is 9.98. The van der Waals surface area contributed by atoms with Crippen LogP contribution >= 0.6 is 11.3 Å². The Labute approximate surface area is 174 Å². The van der Waals surface area contributed by atoms with Crippen LogP contribution in [0.2, 0.25) is 0 Å². The molecule has 0 saturated heterocycles. The number of hydrogen-bond acceptors (Lipinski definition) is 8. The monoisotopic (exact) mass is 427 g/mol. The Hall–Kier alpha value is -3.53. The van der Waals surface area contributed by atoms with Gasteiger partial charge in [-0.25, -0.2) is 14.7 Å². The summed E-state index contributed by atoms with van der Waals surface area (Å²) in [6.45, 7) is -0.572. The topological polar surface area (TPSA) is 127 Å². The lowest BCUT2D eigenvalue weighted by atomic mass is 10.1. The average Bonchev–Trinajstić information content (AvgIpc) is 3.33. The molecule has 1 aromatic carbocycles. The lowest BCUT2D eigenvalue weighted by Crippen LogP contribution is -2.23. The maximum atomic E-state index is 12.4. The van der Waals surface area contributed by atoms with Crippen LogP contribution in [0.5, 0.6) is 0 Å². The third kappa shape index (κ3) is 3.57. The number of aromatic amines is 1. The van der Waals surface area contributed by atoms with Gasteiger partial charge in [-0.2, -0.15) is 5.10 Å². The lowest BCUT2D eigenvalue weighted by Gasteiger charge is -2.08. The fourth-order valence-electron chi connectivity index (χ4n) is 3.44. The number of fused-ring (bicyclic) bond motifs is 2. The lowest BCUT2D eigenvalue weighted by molar-refractivity contribution is -0.119. The SMILES string of the molecule is COC(=O)c1c(NC(=O)COC(=O)c2n[nH]c(=O)c3ccccc23)sc2c1CCC2. The van der Waals surface area contributed by atoms with Gasteiger partial charge in [-0.15, -0.1) is 11.3 Å². The predicted octanol–water partition coefficient (Wildman–Crippen LogP) is 2.06. The fraction of sp³-hybridized carbons (Fsp3) is 0.250. The van der Waals surface area contributed by atoms with Crippen molar-refractivity contribution in [1.29, 1.82) is 0 Å². The largest absolute Gasteiger partial charge is 0.465 e. The van der Waals surface area contributed by atoms with E-state index in [4.69, 9.17) is 9.47 Å². The molecule has 1 aliphatic carbocycles. The number of methoxy groups -OCH3 is 1. The van der Waals surface area contributed by atoms with Gasteiger partial charge in [0.25, 0.3) is 11.5 Å². The zero-order valence-corrected chi connectivity index (χ0v) is 16.8. The van der Waals surface area contributed by atoms with Gasteiger partial charge in [0, 0.05) is 10.3 Å². The number of ether oxygens (including phenoxy) is 2. The molecule has 0 radical (unpaired) electrons.